The fourth-order valence-corrected chi connectivity index (χ4v) is 0.968. The molecule has 1 rings (SSSR count). The summed E-state index contributed by atoms with van der Waals surface area (Å²) in [6.45, 7) is -1.89. The molecule has 9 heteroatoms. The largest absolute Gasteiger partial charge is 0.345 e. The van der Waals surface area contributed by atoms with Gasteiger partial charge in [0.25, 0.3) is 17.4 Å². The second kappa shape index (κ2) is 4.87. The van der Waals surface area contributed by atoms with E-state index >= 15 is 0 Å². The molecular formula is C8H10F2N4O3. The minimum Gasteiger partial charge on any atom is -0.345 e. The first-order chi connectivity index (χ1) is 7.84. The van der Waals surface area contributed by atoms with Crippen molar-refractivity contribution in [3.63, 3.8) is 0 Å². The smallest absolute Gasteiger partial charge is 0.326 e. The number of hydrogen-bond acceptors (Lipinski definition) is 4. The van der Waals surface area contributed by atoms with E-state index in [-0.39, 0.29) is 0 Å². The summed E-state index contributed by atoms with van der Waals surface area (Å²) in [5.74, 6) is -4.22. The number of carbonyl (C=O) groups is 1. The van der Waals surface area contributed by atoms with E-state index in [9.17, 15) is 23.2 Å². The predicted molar refractivity (Wildman–Crippen MR) is 54.0 cm³/mol. The summed E-state index contributed by atoms with van der Waals surface area (Å²) in [5, 5.41) is 1.85. The van der Waals surface area contributed by atoms with Gasteiger partial charge in [-0.25, -0.2) is 13.6 Å². The number of nitrogens with two attached hydrogens (primary N) is 1. The highest BCUT2D eigenvalue weighted by Gasteiger charge is 2.27. The number of rotatable bonds is 4. The van der Waals surface area contributed by atoms with Crippen molar-refractivity contribution >= 4 is 5.91 Å². The predicted octanol–water partition coefficient (Wildman–Crippen LogP) is -1.61. The molecular weight excluding hydrogens is 238 g/mol. The number of hydrogen-bond donors (Lipinski definition) is 4. The highest BCUT2D eigenvalue weighted by atomic mass is 19.3. The van der Waals surface area contributed by atoms with Gasteiger partial charge in [0, 0.05) is 6.07 Å². The Hall–Kier alpha value is -2.03. The molecule has 0 aliphatic rings. The van der Waals surface area contributed by atoms with E-state index in [1.54, 1.807) is 0 Å². The van der Waals surface area contributed by atoms with Gasteiger partial charge in [0.05, 0.1) is 13.1 Å². The fraction of sp³-hybridized carbons (Fsp3) is 0.375. The average molecular weight is 248 g/mol. The third kappa shape index (κ3) is 3.79. The summed E-state index contributed by atoms with van der Waals surface area (Å²) in [4.78, 5) is 36.8. The molecule has 0 radical (unpaired) electrons. The minimum absolute atomic E-state index is 0.397. The maximum atomic E-state index is 12.7. The third-order valence-corrected chi connectivity index (χ3v) is 1.81. The van der Waals surface area contributed by atoms with Gasteiger partial charge in [0.2, 0.25) is 0 Å². The Morgan fingerprint density at radius 1 is 1.41 bits per heavy atom. The lowest BCUT2D eigenvalue weighted by molar-refractivity contribution is 0.0118. The number of amides is 1. The van der Waals surface area contributed by atoms with Crippen LogP contribution in [0.25, 0.3) is 0 Å². The summed E-state index contributed by atoms with van der Waals surface area (Å²) in [6, 6.07) is 0.789. The lowest BCUT2D eigenvalue weighted by Crippen LogP contribution is -2.42. The molecule has 1 heterocycles. The lowest BCUT2D eigenvalue weighted by Gasteiger charge is -2.14. The zero-order valence-electron chi connectivity index (χ0n) is 8.55. The molecule has 0 saturated carbocycles. The van der Waals surface area contributed by atoms with Crippen LogP contribution >= 0.6 is 0 Å². The molecule has 1 amide bonds. The number of halogens is 2. The van der Waals surface area contributed by atoms with Gasteiger partial charge in [-0.3, -0.25) is 14.6 Å². The first-order valence-corrected chi connectivity index (χ1v) is 4.54. The molecule has 5 N–H and O–H groups in total. The second-order valence-electron chi connectivity index (χ2n) is 3.24. The van der Waals surface area contributed by atoms with Crippen molar-refractivity contribution in [1.82, 2.24) is 15.3 Å². The second-order valence-corrected chi connectivity index (χ2v) is 3.24. The first kappa shape index (κ1) is 13.0. The average Bonchev–Trinajstić information content (AvgIpc) is 2.24. The Kier molecular flexibility index (Phi) is 3.73. The van der Waals surface area contributed by atoms with Crippen molar-refractivity contribution < 1.29 is 13.6 Å². The topological polar surface area (TPSA) is 121 Å². The monoisotopic (exact) mass is 248 g/mol. The summed E-state index contributed by atoms with van der Waals surface area (Å²) in [7, 11) is 0. The van der Waals surface area contributed by atoms with Crippen molar-refractivity contribution in [3.8, 4) is 0 Å². The number of aromatic amines is 2. The molecule has 0 aliphatic carbocycles. The highest BCUT2D eigenvalue weighted by Crippen LogP contribution is 2.08. The van der Waals surface area contributed by atoms with Crippen molar-refractivity contribution in [2.45, 2.75) is 5.92 Å². The molecule has 0 saturated heterocycles. The van der Waals surface area contributed by atoms with E-state index in [1.165, 1.54) is 0 Å². The molecule has 0 spiro atoms. The van der Waals surface area contributed by atoms with E-state index in [2.05, 4.69) is 0 Å². The Bertz CT molecular complexity index is 494. The summed E-state index contributed by atoms with van der Waals surface area (Å²) < 4.78 is 25.4. The van der Waals surface area contributed by atoms with Crippen LogP contribution in [0, 0.1) is 0 Å². The van der Waals surface area contributed by atoms with Crippen LogP contribution in [0.15, 0.2) is 15.7 Å². The molecule has 1 aromatic heterocycles. The molecule has 17 heavy (non-hydrogen) atoms. The summed E-state index contributed by atoms with van der Waals surface area (Å²) >= 11 is 0. The number of alkyl halides is 2. The van der Waals surface area contributed by atoms with Crippen LogP contribution in [0.2, 0.25) is 0 Å². The van der Waals surface area contributed by atoms with E-state index < -0.39 is 41.9 Å². The number of H-pyrrole nitrogens is 2. The van der Waals surface area contributed by atoms with Gasteiger partial charge in [-0.15, -0.1) is 0 Å². The maximum absolute atomic E-state index is 12.7. The number of carbonyl (C=O) groups excluding carboxylic acids is 1. The fourth-order valence-electron chi connectivity index (χ4n) is 0.968. The Morgan fingerprint density at radius 3 is 2.59 bits per heavy atom. The van der Waals surface area contributed by atoms with Gasteiger partial charge >= 0.3 is 5.69 Å². The van der Waals surface area contributed by atoms with Crippen molar-refractivity contribution in [1.29, 1.82) is 0 Å². The molecule has 94 valence electrons. The van der Waals surface area contributed by atoms with E-state index in [0.717, 1.165) is 6.07 Å². The van der Waals surface area contributed by atoms with Crippen molar-refractivity contribution in [3.05, 3.63) is 32.6 Å². The molecule has 0 aromatic carbocycles. The van der Waals surface area contributed by atoms with Crippen molar-refractivity contribution in [2.75, 3.05) is 13.1 Å². The Labute approximate surface area is 93.0 Å². The molecule has 0 fully saturated rings. The van der Waals surface area contributed by atoms with Gasteiger partial charge in [-0.2, -0.15) is 0 Å². The van der Waals surface area contributed by atoms with E-state index in [4.69, 9.17) is 5.73 Å². The highest BCUT2D eigenvalue weighted by molar-refractivity contribution is 5.92. The van der Waals surface area contributed by atoms with Crippen LogP contribution in [-0.4, -0.2) is 34.9 Å². The van der Waals surface area contributed by atoms with Gasteiger partial charge in [0.1, 0.15) is 5.69 Å². The lowest BCUT2D eigenvalue weighted by atomic mass is 10.3. The van der Waals surface area contributed by atoms with E-state index in [0.29, 0.717) is 0 Å². The van der Waals surface area contributed by atoms with Crippen LogP contribution in [0.3, 0.4) is 0 Å². The molecule has 0 aliphatic heterocycles. The molecule has 1 aromatic rings. The SMILES string of the molecule is NCC(F)(F)CNC(=O)c1cc(=O)[nH]c(=O)[nH]1. The molecule has 0 unspecified atom stereocenters. The van der Waals surface area contributed by atoms with Crippen LogP contribution in [0.4, 0.5) is 8.78 Å². The molecule has 0 atom stereocenters. The van der Waals surface area contributed by atoms with Crippen LogP contribution in [0.1, 0.15) is 10.5 Å². The minimum atomic E-state index is -3.24. The van der Waals surface area contributed by atoms with Gasteiger partial charge in [-0.1, -0.05) is 0 Å². The van der Waals surface area contributed by atoms with Gasteiger partial charge in [-0.05, 0) is 0 Å². The first-order valence-electron chi connectivity index (χ1n) is 4.54. The Morgan fingerprint density at radius 2 is 2.06 bits per heavy atom. The van der Waals surface area contributed by atoms with Crippen LogP contribution < -0.4 is 22.3 Å². The number of aromatic nitrogens is 2. The third-order valence-electron chi connectivity index (χ3n) is 1.81. The molecule has 0 bridgehead atoms. The normalized spacial score (nSPS) is 11.2. The summed E-state index contributed by atoms with van der Waals surface area (Å²) in [6.07, 6.45) is 0. The standard InChI is InChI=1S/C8H10F2N4O3/c9-8(10,2-11)3-12-6(16)4-1-5(15)14-7(17)13-4/h1H,2-3,11H2,(H,12,16)(H2,13,14,15,17). The number of nitrogens with one attached hydrogen (secondary N) is 3. The quantitative estimate of drug-likeness (QED) is 0.512. The van der Waals surface area contributed by atoms with Gasteiger partial charge in [0.15, 0.2) is 0 Å². The summed E-state index contributed by atoms with van der Waals surface area (Å²) in [5.41, 5.74) is 2.67. The van der Waals surface area contributed by atoms with Crippen LogP contribution in [0.5, 0.6) is 0 Å². The Balaban J connectivity index is 2.77. The van der Waals surface area contributed by atoms with Crippen molar-refractivity contribution in [2.24, 2.45) is 5.73 Å². The maximum Gasteiger partial charge on any atom is 0.326 e. The zero-order valence-corrected chi connectivity index (χ0v) is 8.55. The van der Waals surface area contributed by atoms with E-state index in [1.807, 2.05) is 15.3 Å². The van der Waals surface area contributed by atoms with Gasteiger partial charge < -0.3 is 16.0 Å². The zero-order chi connectivity index (χ0) is 13.1. The van der Waals surface area contributed by atoms with Crippen LogP contribution in [-0.2, 0) is 0 Å². The molecule has 7 nitrogen and oxygen atoms in total.